The normalized spacial score (nSPS) is 28.5. The van der Waals surface area contributed by atoms with E-state index in [9.17, 15) is 15.0 Å². The summed E-state index contributed by atoms with van der Waals surface area (Å²) < 4.78 is 130. The lowest BCUT2D eigenvalue weighted by atomic mass is 9.78. The SMILES string of the molecule is COc1ccc([C@@H]2O[C@H]([C@H](C)[C@H](C[C@@H]3CC=C[C@@H](C[C@H](C/C=C(C)/C=C/C(=O)O[C@H]([C@@H](C)[C@@H](O[Si](C)(C)C(C)(C)C)[C@@H](C)CC[C@H]4C[C@H](OC)C[C@H](C)O4)[C@@H](C)[C@H]4C[C@@H]([C@H](C)[C@H](C[C@@H]5CC=C[C@@H](C[C@H](C/C=C(C)/C=C/C(=O)O)O[Si](C)(C)C(C)(C)C)O5)OC)O[C@@H](c5ccc(OC)cc5)O4)O[Si](C)(C)C(C)(C)C)O3)OC)C[C@H]([C@H](C)[C@H](O)[C@@H](C)[C@@H](O[Si](C)(C)C(C)(C)C)[C@@H](C)CC[C@H]3C[C@H](OC)C[C@H](C)O3)O2)cc1. The van der Waals surface area contributed by atoms with Crippen LogP contribution in [-0.4, -0.2) is 232 Å². The quantitative estimate of drug-likeness (QED) is 0.0205. The van der Waals surface area contributed by atoms with Gasteiger partial charge in [-0.2, -0.15) is 0 Å². The minimum Gasteiger partial charge on any atom is -0.497 e. The lowest BCUT2D eigenvalue weighted by Crippen LogP contribution is -2.53. The molecule has 6 aliphatic rings. The van der Waals surface area contributed by atoms with Crippen LogP contribution < -0.4 is 9.47 Å². The molecule has 0 radical (unpaired) electrons. The van der Waals surface area contributed by atoms with Gasteiger partial charge in [-0.3, -0.25) is 0 Å². The zero-order valence-corrected chi connectivity index (χ0v) is 101. The zero-order chi connectivity index (χ0) is 108. The van der Waals surface area contributed by atoms with E-state index in [0.717, 1.165) is 79.4 Å². The zero-order valence-electron chi connectivity index (χ0n) is 97.1. The first-order valence-corrected chi connectivity index (χ1v) is 66.8. The summed E-state index contributed by atoms with van der Waals surface area (Å²) >= 11 is 0. The number of hydrogen-bond donors (Lipinski definition) is 2. The second-order valence-corrected chi connectivity index (χ2v) is 69.3. The molecule has 0 amide bonds. The molecule has 6 heterocycles. The Morgan fingerprint density at radius 2 is 0.772 bits per heavy atom. The highest BCUT2D eigenvalue weighted by molar-refractivity contribution is 6.75. The minimum atomic E-state index is -2.55. The third kappa shape index (κ3) is 37.5. The molecule has 4 saturated heterocycles. The van der Waals surface area contributed by atoms with E-state index in [4.69, 9.17) is 88.8 Å². The molecule has 0 spiro atoms. The molecule has 8 rings (SSSR count). The molecule has 0 aliphatic carbocycles. The van der Waals surface area contributed by atoms with Crippen molar-refractivity contribution in [1.82, 2.24) is 0 Å². The number of aliphatic hydroxyl groups excluding tert-OH is 1. The first kappa shape index (κ1) is 126. The van der Waals surface area contributed by atoms with Gasteiger partial charge in [-0.1, -0.05) is 222 Å². The predicted molar refractivity (Wildman–Crippen MR) is 592 cm³/mol. The number of carbonyl (C=O) groups excluding carboxylic acids is 1. The molecule has 0 aromatic heterocycles. The van der Waals surface area contributed by atoms with E-state index < -0.39 is 88.1 Å². The summed E-state index contributed by atoms with van der Waals surface area (Å²) in [4.78, 5) is 27.0. The highest BCUT2D eigenvalue weighted by Gasteiger charge is 2.52. The Morgan fingerprint density at radius 3 is 1.12 bits per heavy atom. The molecule has 4 fully saturated rings. The minimum absolute atomic E-state index is 0.0142. The summed E-state index contributed by atoms with van der Waals surface area (Å²) in [5.41, 5.74) is 3.44. The topological polar surface area (TPSA) is 250 Å². The maximum absolute atomic E-state index is 15.5. The molecule has 0 unspecified atom stereocenters. The van der Waals surface area contributed by atoms with Gasteiger partial charge in [-0.15, -0.1) is 0 Å². The van der Waals surface area contributed by atoms with Crippen LogP contribution in [0.15, 0.2) is 120 Å². The molecular formula is C118H202O23Si4. The Bertz CT molecular complexity index is 4370. The second-order valence-electron chi connectivity index (χ2n) is 50.3. The van der Waals surface area contributed by atoms with Crippen molar-refractivity contribution in [3.63, 3.8) is 0 Å². The van der Waals surface area contributed by atoms with Crippen LogP contribution in [0.4, 0.5) is 0 Å². The summed E-state index contributed by atoms with van der Waals surface area (Å²) in [6.07, 6.45) is 25.9. The van der Waals surface area contributed by atoms with Crippen LogP contribution in [0.1, 0.15) is 305 Å². The van der Waals surface area contributed by atoms with Gasteiger partial charge in [0.15, 0.2) is 45.8 Å². The molecule has 0 bridgehead atoms. The largest absolute Gasteiger partial charge is 0.497 e. The summed E-state index contributed by atoms with van der Waals surface area (Å²) in [7, 11) is 0.973. The molecule has 0 saturated carbocycles. The maximum atomic E-state index is 15.5. The van der Waals surface area contributed by atoms with Gasteiger partial charge < -0.3 is 99.0 Å². The molecule has 828 valence electrons. The van der Waals surface area contributed by atoms with Crippen molar-refractivity contribution in [2.75, 3.05) is 42.7 Å². The summed E-state index contributed by atoms with van der Waals surface area (Å²) in [6.45, 7) is 71.7. The van der Waals surface area contributed by atoms with Gasteiger partial charge in [0.05, 0.1) is 142 Å². The number of aliphatic hydroxyl groups is 1. The fraction of sp³-hybridized carbons (Fsp3) is 0.780. The Balaban J connectivity index is 1.06. The van der Waals surface area contributed by atoms with E-state index in [1.807, 2.05) is 68.5 Å². The van der Waals surface area contributed by atoms with Gasteiger partial charge in [-0.05, 0) is 213 Å². The number of methoxy groups -OCH3 is 6. The Kier molecular flexibility index (Phi) is 48.7. The van der Waals surface area contributed by atoms with Crippen LogP contribution in [-0.2, 0) is 88.9 Å². The number of esters is 1. The average molecular weight is 2100 g/mol. The van der Waals surface area contributed by atoms with Crippen molar-refractivity contribution in [3.8, 4) is 11.5 Å². The third-order valence-electron chi connectivity index (χ3n) is 34.8. The van der Waals surface area contributed by atoms with Crippen LogP contribution in [0.3, 0.4) is 0 Å². The van der Waals surface area contributed by atoms with Crippen molar-refractivity contribution in [2.45, 2.75) is 501 Å². The molecule has 2 N–H and O–H groups in total. The fourth-order valence-corrected chi connectivity index (χ4v) is 26.7. The van der Waals surface area contributed by atoms with Gasteiger partial charge in [0.25, 0.3) is 0 Å². The number of benzene rings is 2. The summed E-state index contributed by atoms with van der Waals surface area (Å²) in [6, 6.07) is 15.8. The van der Waals surface area contributed by atoms with E-state index in [1.165, 1.54) is 6.08 Å². The number of rotatable bonds is 53. The number of carboxylic acid groups (broad SMARTS) is 1. The van der Waals surface area contributed by atoms with Crippen molar-refractivity contribution < 1.29 is 109 Å². The van der Waals surface area contributed by atoms with E-state index >= 15 is 4.79 Å². The Labute approximate surface area is 882 Å². The predicted octanol–water partition coefficient (Wildman–Crippen LogP) is 27.3. The second kappa shape index (κ2) is 56.1. The highest BCUT2D eigenvalue weighted by atomic mass is 28.4. The first-order valence-electron chi connectivity index (χ1n) is 55.1. The number of aliphatic carboxylic acids is 1. The van der Waals surface area contributed by atoms with E-state index in [1.54, 1.807) is 54.8 Å². The average Bonchev–Trinajstić information content (AvgIpc) is 0.782. The first-order chi connectivity index (χ1) is 67.6. The smallest absolute Gasteiger partial charge is 0.331 e. The fourth-order valence-electron chi connectivity index (χ4n) is 21.0. The molecule has 27 heteroatoms. The van der Waals surface area contributed by atoms with Crippen LogP contribution in [0.25, 0.3) is 0 Å². The van der Waals surface area contributed by atoms with Crippen LogP contribution in [0, 0.1) is 47.3 Å². The summed E-state index contributed by atoms with van der Waals surface area (Å²) in [5.74, 6) is -1.45. The lowest BCUT2D eigenvalue weighted by Gasteiger charge is -2.47. The van der Waals surface area contributed by atoms with Gasteiger partial charge in [0.2, 0.25) is 0 Å². The van der Waals surface area contributed by atoms with Crippen molar-refractivity contribution >= 4 is 45.2 Å². The van der Waals surface area contributed by atoms with E-state index in [0.29, 0.717) is 70.0 Å². The van der Waals surface area contributed by atoms with Gasteiger partial charge in [-0.25, -0.2) is 9.59 Å². The number of allylic oxidation sites excluding steroid dienone is 4. The molecule has 32 atom stereocenters. The maximum Gasteiger partial charge on any atom is 0.331 e. The molecule has 2 aromatic carbocycles. The van der Waals surface area contributed by atoms with Crippen molar-refractivity contribution in [3.05, 3.63) is 132 Å². The van der Waals surface area contributed by atoms with Gasteiger partial charge in [0, 0.05) is 126 Å². The van der Waals surface area contributed by atoms with Crippen LogP contribution in [0.5, 0.6) is 11.5 Å². The van der Waals surface area contributed by atoms with Crippen molar-refractivity contribution in [1.29, 1.82) is 0 Å². The summed E-state index contributed by atoms with van der Waals surface area (Å²) in [5, 5.41) is 22.1. The number of ether oxygens (including phenoxy) is 15. The Hall–Kier alpha value is -4.39. The third-order valence-corrected chi connectivity index (χ3v) is 52.8. The lowest BCUT2D eigenvalue weighted by molar-refractivity contribution is -0.279. The molecule has 23 nitrogen and oxygen atoms in total. The number of hydrogen-bond acceptors (Lipinski definition) is 22. The molecule has 2 aromatic rings. The Morgan fingerprint density at radius 1 is 0.421 bits per heavy atom. The number of carbonyl (C=O) groups is 2. The van der Waals surface area contributed by atoms with Crippen molar-refractivity contribution in [2.24, 2.45) is 47.3 Å². The van der Waals surface area contributed by atoms with Gasteiger partial charge in [0.1, 0.15) is 17.6 Å². The van der Waals surface area contributed by atoms with Crippen LogP contribution in [0.2, 0.25) is 72.5 Å². The molecular weight excluding hydrogens is 1900 g/mol. The van der Waals surface area contributed by atoms with Gasteiger partial charge >= 0.3 is 11.9 Å². The molecule has 145 heavy (non-hydrogen) atoms. The van der Waals surface area contributed by atoms with Crippen LogP contribution >= 0.6 is 0 Å². The number of carboxylic acids is 1. The monoisotopic (exact) mass is 2100 g/mol. The molecule has 6 aliphatic heterocycles. The standard InChI is InChI=1S/C118H202O23Si4/c1-75(47-63-107(119)120)45-55-97(138-142(31,32)115(13,14)15)67-91-41-39-44-94(131-91)72-102(128-30)82(8)104-74-106(136-114(134-104)88-53-61-90(124-26)62-54-88)84(10)112(86(12)111(141-145(37,38)118(22,23)24)78(4)50-58-96-70-100(126-28)66-80(6)130-96)137-108(121)64-48-76(2)46-56-98(139-143(33,34)116(16,17)18)68-92-42-40-43-93(132-92)71-101(127-29)81(7)103-73-105(135-113(133-103)87-51-59-89(123-25)60-52-87)83(9)109(122)85(11)110(140-144(35,36)117(19,20)21)77(3)49-57-95-69-99(125-27)65-79(5)129-95/h39-42,45-48,51-54,59-64,77-86,91-106,109-114,122H,43-44,49-50,55-58,65-74H2,1-38H3,(H,119,120)/b63-47+,64-48+,75-45+,76-46+/t77-,78-,79-,80-,81+,82+,83-,84-,85+,86-,91-,92-,93-,94-,95-,96-,97-,98-,99+,100+,101-,102-,103-,104-,105+,106+,109-,110-,111-,112-,113+,114+/m0/s1. The van der Waals surface area contributed by atoms with E-state index in [2.05, 4.69) is 241 Å². The highest BCUT2D eigenvalue weighted by Crippen LogP contribution is 2.50. The van der Waals surface area contributed by atoms with E-state index in [-0.39, 0.29) is 171 Å².